The molecule has 72 valence electrons. The lowest BCUT2D eigenvalue weighted by Gasteiger charge is -2.19. The van der Waals surface area contributed by atoms with Gasteiger partial charge in [0.2, 0.25) is 0 Å². The van der Waals surface area contributed by atoms with Crippen molar-refractivity contribution in [3.63, 3.8) is 0 Å². The van der Waals surface area contributed by atoms with Crippen molar-refractivity contribution in [3.8, 4) is 0 Å². The summed E-state index contributed by atoms with van der Waals surface area (Å²) in [5.74, 6) is 0.448. The zero-order chi connectivity index (χ0) is 9.72. The van der Waals surface area contributed by atoms with E-state index in [9.17, 15) is 5.11 Å². The number of hydrogen-bond acceptors (Lipinski definition) is 3. The van der Waals surface area contributed by atoms with E-state index in [4.69, 9.17) is 10.8 Å². The Balaban J connectivity index is 3.76. The Bertz CT molecular complexity index is 145. The molecule has 0 spiro atoms. The molecule has 0 aliphatic heterocycles. The molecule has 12 heavy (non-hydrogen) atoms. The van der Waals surface area contributed by atoms with Gasteiger partial charge in [-0.15, -0.1) is 0 Å². The van der Waals surface area contributed by atoms with E-state index in [0.717, 1.165) is 6.42 Å². The predicted octanol–water partition coefficient (Wildman–Crippen LogP) is 1.18. The quantitative estimate of drug-likeness (QED) is 0.547. The van der Waals surface area contributed by atoms with E-state index in [0.29, 0.717) is 5.92 Å². The Kier molecular flexibility index (Phi) is 4.93. The molecule has 0 saturated heterocycles. The SMILES string of the molecule is C=C(O)CC(O)C(N)CC(C)C. The van der Waals surface area contributed by atoms with Gasteiger partial charge < -0.3 is 15.9 Å². The molecule has 0 aliphatic rings. The van der Waals surface area contributed by atoms with Crippen LogP contribution >= 0.6 is 0 Å². The molecule has 0 aromatic carbocycles. The Labute approximate surface area is 73.9 Å². The van der Waals surface area contributed by atoms with E-state index in [1.165, 1.54) is 0 Å². The molecule has 0 bridgehead atoms. The molecule has 3 nitrogen and oxygen atoms in total. The van der Waals surface area contributed by atoms with Crippen molar-refractivity contribution in [2.75, 3.05) is 0 Å². The average molecular weight is 173 g/mol. The van der Waals surface area contributed by atoms with Gasteiger partial charge in [-0.05, 0) is 12.3 Å². The van der Waals surface area contributed by atoms with Crippen LogP contribution in [0.5, 0.6) is 0 Å². The van der Waals surface area contributed by atoms with Crippen molar-refractivity contribution in [2.45, 2.75) is 38.8 Å². The number of aliphatic hydroxyl groups is 2. The zero-order valence-electron chi connectivity index (χ0n) is 7.83. The molecule has 0 amide bonds. The molecule has 4 N–H and O–H groups in total. The third-order valence-corrected chi connectivity index (χ3v) is 1.68. The van der Waals surface area contributed by atoms with Gasteiger partial charge in [0.15, 0.2) is 0 Å². The first kappa shape index (κ1) is 11.5. The van der Waals surface area contributed by atoms with Crippen molar-refractivity contribution in [3.05, 3.63) is 12.3 Å². The summed E-state index contributed by atoms with van der Waals surface area (Å²) in [6.07, 6.45) is 0.257. The summed E-state index contributed by atoms with van der Waals surface area (Å²) in [7, 11) is 0. The monoisotopic (exact) mass is 173 g/mol. The Morgan fingerprint density at radius 3 is 2.33 bits per heavy atom. The third kappa shape index (κ3) is 5.16. The maximum absolute atomic E-state index is 9.39. The molecular weight excluding hydrogens is 154 g/mol. The maximum Gasteiger partial charge on any atom is 0.0877 e. The predicted molar refractivity (Wildman–Crippen MR) is 49.8 cm³/mol. The van der Waals surface area contributed by atoms with Crippen molar-refractivity contribution in [2.24, 2.45) is 11.7 Å². The van der Waals surface area contributed by atoms with E-state index < -0.39 is 6.10 Å². The summed E-state index contributed by atoms with van der Waals surface area (Å²) in [5.41, 5.74) is 5.66. The van der Waals surface area contributed by atoms with Crippen LogP contribution in [0.1, 0.15) is 26.7 Å². The summed E-state index contributed by atoms with van der Waals surface area (Å²) in [5, 5.41) is 18.2. The second-order valence-corrected chi connectivity index (χ2v) is 3.63. The lowest BCUT2D eigenvalue weighted by molar-refractivity contribution is 0.122. The minimum Gasteiger partial charge on any atom is -0.513 e. The van der Waals surface area contributed by atoms with Gasteiger partial charge >= 0.3 is 0 Å². The van der Waals surface area contributed by atoms with Gasteiger partial charge in [-0.3, -0.25) is 0 Å². The molecule has 2 atom stereocenters. The number of nitrogens with two attached hydrogens (primary N) is 1. The molecular formula is C9H19NO2. The van der Waals surface area contributed by atoms with E-state index in [2.05, 4.69) is 6.58 Å². The van der Waals surface area contributed by atoms with Gasteiger partial charge in [0.25, 0.3) is 0 Å². The van der Waals surface area contributed by atoms with Crippen LogP contribution in [0.25, 0.3) is 0 Å². The molecule has 0 fully saturated rings. The highest BCUT2D eigenvalue weighted by Gasteiger charge is 2.16. The van der Waals surface area contributed by atoms with E-state index >= 15 is 0 Å². The maximum atomic E-state index is 9.39. The van der Waals surface area contributed by atoms with Crippen LogP contribution in [-0.4, -0.2) is 22.4 Å². The van der Waals surface area contributed by atoms with Crippen LogP contribution in [0, 0.1) is 5.92 Å². The highest BCUT2D eigenvalue weighted by molar-refractivity contribution is 4.86. The summed E-state index contributed by atoms with van der Waals surface area (Å²) in [6, 6.07) is -0.270. The van der Waals surface area contributed by atoms with Crippen LogP contribution in [0.2, 0.25) is 0 Å². The molecule has 0 aromatic heterocycles. The fourth-order valence-corrected chi connectivity index (χ4v) is 1.09. The normalized spacial score (nSPS) is 16.1. The van der Waals surface area contributed by atoms with Crippen LogP contribution in [0.3, 0.4) is 0 Å². The van der Waals surface area contributed by atoms with E-state index in [1.807, 2.05) is 13.8 Å². The van der Waals surface area contributed by atoms with Crippen LogP contribution in [-0.2, 0) is 0 Å². The molecule has 0 heterocycles. The van der Waals surface area contributed by atoms with Gasteiger partial charge in [-0.2, -0.15) is 0 Å². The number of aliphatic hydroxyl groups excluding tert-OH is 2. The van der Waals surface area contributed by atoms with Crippen LogP contribution in [0.15, 0.2) is 12.3 Å². The lowest BCUT2D eigenvalue weighted by Crippen LogP contribution is -2.36. The molecule has 0 radical (unpaired) electrons. The molecule has 0 rings (SSSR count). The minimum atomic E-state index is -0.676. The minimum absolute atomic E-state index is 0.0123. The second kappa shape index (κ2) is 5.17. The molecule has 0 aromatic rings. The van der Waals surface area contributed by atoms with Crippen molar-refractivity contribution in [1.29, 1.82) is 0 Å². The average Bonchev–Trinajstić information content (AvgIpc) is 1.84. The summed E-state index contributed by atoms with van der Waals surface area (Å²) in [6.45, 7) is 7.38. The highest BCUT2D eigenvalue weighted by atomic mass is 16.3. The molecule has 0 aliphatic carbocycles. The standard InChI is InChI=1S/C9H19NO2/c1-6(2)4-8(10)9(12)5-7(3)11/h6,8-9,11-12H,3-5,10H2,1-2H3. The second-order valence-electron chi connectivity index (χ2n) is 3.63. The Hall–Kier alpha value is -0.540. The molecule has 0 saturated carbocycles. The summed E-state index contributed by atoms with van der Waals surface area (Å²) < 4.78 is 0. The summed E-state index contributed by atoms with van der Waals surface area (Å²) in [4.78, 5) is 0. The van der Waals surface area contributed by atoms with Gasteiger partial charge in [0.05, 0.1) is 11.9 Å². The fourth-order valence-electron chi connectivity index (χ4n) is 1.09. The Morgan fingerprint density at radius 1 is 1.50 bits per heavy atom. The third-order valence-electron chi connectivity index (χ3n) is 1.68. The van der Waals surface area contributed by atoms with Crippen molar-refractivity contribution in [1.82, 2.24) is 0 Å². The number of hydrogen-bond donors (Lipinski definition) is 3. The fraction of sp³-hybridized carbons (Fsp3) is 0.778. The first-order chi connectivity index (χ1) is 5.43. The first-order valence-electron chi connectivity index (χ1n) is 4.24. The van der Waals surface area contributed by atoms with Gasteiger partial charge in [-0.1, -0.05) is 20.4 Å². The van der Waals surface area contributed by atoms with Crippen LogP contribution < -0.4 is 5.73 Å². The zero-order valence-corrected chi connectivity index (χ0v) is 7.83. The Morgan fingerprint density at radius 2 is 2.00 bits per heavy atom. The van der Waals surface area contributed by atoms with Crippen molar-refractivity contribution < 1.29 is 10.2 Å². The van der Waals surface area contributed by atoms with Gasteiger partial charge in [0.1, 0.15) is 0 Å². The van der Waals surface area contributed by atoms with Gasteiger partial charge in [0, 0.05) is 12.5 Å². The van der Waals surface area contributed by atoms with E-state index in [-0.39, 0.29) is 18.2 Å². The van der Waals surface area contributed by atoms with E-state index in [1.54, 1.807) is 0 Å². The van der Waals surface area contributed by atoms with Crippen molar-refractivity contribution >= 4 is 0 Å². The van der Waals surface area contributed by atoms with Crippen LogP contribution in [0.4, 0.5) is 0 Å². The van der Waals surface area contributed by atoms with Gasteiger partial charge in [-0.25, -0.2) is 0 Å². The molecule has 3 heteroatoms. The topological polar surface area (TPSA) is 66.5 Å². The first-order valence-corrected chi connectivity index (χ1v) is 4.24. The number of rotatable bonds is 5. The smallest absolute Gasteiger partial charge is 0.0877 e. The molecule has 2 unspecified atom stereocenters. The highest BCUT2D eigenvalue weighted by Crippen LogP contribution is 2.10. The lowest BCUT2D eigenvalue weighted by atomic mass is 9.98. The largest absolute Gasteiger partial charge is 0.513 e. The summed E-state index contributed by atoms with van der Waals surface area (Å²) >= 11 is 0.